The van der Waals surface area contributed by atoms with Gasteiger partial charge >= 0.3 is 7.60 Å². The van der Waals surface area contributed by atoms with Gasteiger partial charge in [0.15, 0.2) is 4.99 Å². The summed E-state index contributed by atoms with van der Waals surface area (Å²) in [4.78, 5) is -1.38. The summed E-state index contributed by atoms with van der Waals surface area (Å²) in [7, 11) is -8.15. The van der Waals surface area contributed by atoms with Crippen LogP contribution in [0.15, 0.2) is 71.3 Å². The van der Waals surface area contributed by atoms with Crippen molar-refractivity contribution in [3.63, 3.8) is 0 Å². The third-order valence-electron chi connectivity index (χ3n) is 6.84. The molecule has 1 saturated carbocycles. The lowest BCUT2D eigenvalue weighted by Gasteiger charge is -2.28. The smallest absolute Gasteiger partial charge is 0.351 e. The normalized spacial score (nSPS) is 15.7. The highest BCUT2D eigenvalue weighted by Gasteiger charge is 2.46. The molecule has 4 rings (SSSR count). The molecule has 0 bridgehead atoms. The second kappa shape index (κ2) is 14.5. The molecule has 0 saturated heterocycles. The zero-order chi connectivity index (χ0) is 28.4. The van der Waals surface area contributed by atoms with Gasteiger partial charge in [-0.05, 0) is 100 Å². The highest BCUT2D eigenvalue weighted by molar-refractivity contribution is 7.94. The van der Waals surface area contributed by atoms with Crippen LogP contribution in [0.3, 0.4) is 0 Å². The molecule has 0 spiro atoms. The maximum absolute atomic E-state index is 13.7. The van der Waals surface area contributed by atoms with Gasteiger partial charge in [0, 0.05) is 5.56 Å². The van der Waals surface area contributed by atoms with Gasteiger partial charge in [0.25, 0.3) is 10.1 Å². The van der Waals surface area contributed by atoms with Crippen molar-refractivity contribution in [1.82, 2.24) is 0 Å². The van der Waals surface area contributed by atoms with Crippen molar-refractivity contribution >= 4 is 17.7 Å². The molecule has 10 heteroatoms. The van der Waals surface area contributed by atoms with E-state index in [1.165, 1.54) is 0 Å². The van der Waals surface area contributed by atoms with Gasteiger partial charge in [-0.2, -0.15) is 8.42 Å². The van der Waals surface area contributed by atoms with E-state index in [1.807, 2.05) is 60.7 Å². The summed E-state index contributed by atoms with van der Waals surface area (Å²) in [6.45, 7) is 3.50. The van der Waals surface area contributed by atoms with E-state index in [9.17, 15) is 13.0 Å². The van der Waals surface area contributed by atoms with E-state index >= 15 is 0 Å². The first-order chi connectivity index (χ1) is 19.3. The van der Waals surface area contributed by atoms with Crippen LogP contribution in [0.5, 0.6) is 11.5 Å². The fourth-order valence-electron chi connectivity index (χ4n) is 4.95. The number of rotatable bonds is 15. The Balaban J connectivity index is 1.42. The first-order valence-corrected chi connectivity index (χ1v) is 17.1. The summed E-state index contributed by atoms with van der Waals surface area (Å²) in [6, 6.07) is 19.0. The Morgan fingerprint density at radius 1 is 0.925 bits per heavy atom. The molecule has 1 unspecified atom stereocenters. The van der Waals surface area contributed by atoms with E-state index in [1.54, 1.807) is 20.1 Å². The molecule has 40 heavy (non-hydrogen) atoms. The van der Waals surface area contributed by atoms with Crippen LogP contribution in [0, 0.1) is 0 Å². The number of hydrogen-bond acceptors (Lipinski definition) is 8. The van der Waals surface area contributed by atoms with Crippen LogP contribution >= 0.6 is 7.60 Å². The molecule has 0 radical (unpaired) electrons. The van der Waals surface area contributed by atoms with E-state index in [2.05, 4.69) is 0 Å². The molecule has 1 aliphatic rings. The molecule has 0 N–H and O–H groups in total. The van der Waals surface area contributed by atoms with Crippen molar-refractivity contribution < 1.29 is 35.4 Å². The molecule has 0 amide bonds. The summed E-state index contributed by atoms with van der Waals surface area (Å²) in [5, 5.41) is 0. The quantitative estimate of drug-likeness (QED) is 0.129. The maximum atomic E-state index is 13.7. The Morgan fingerprint density at radius 3 is 2.30 bits per heavy atom. The SMILES string of the molecule is CCOP(=O)(OCC)C(CCCc1cccc(Oc2ccc(-c3ccco3)cc2)c1)S(=O)(=O)OC1CCCCC1. The summed E-state index contributed by atoms with van der Waals surface area (Å²) >= 11 is 0. The Hall–Kier alpha value is -2.42. The fraction of sp³-hybridized carbons (Fsp3) is 0.467. The van der Waals surface area contributed by atoms with Crippen LogP contribution in [0.25, 0.3) is 11.3 Å². The second-order valence-corrected chi connectivity index (χ2v) is 14.1. The van der Waals surface area contributed by atoms with E-state index in [4.69, 9.17) is 22.4 Å². The summed E-state index contributed by atoms with van der Waals surface area (Å²) < 4.78 is 68.5. The zero-order valence-corrected chi connectivity index (χ0v) is 24.9. The number of benzene rings is 2. The van der Waals surface area contributed by atoms with Gasteiger partial charge in [-0.25, -0.2) is 0 Å². The lowest BCUT2D eigenvalue weighted by molar-refractivity contribution is 0.158. The van der Waals surface area contributed by atoms with Crippen LogP contribution in [-0.2, 0) is 34.3 Å². The van der Waals surface area contributed by atoms with Crippen molar-refractivity contribution in [2.45, 2.75) is 76.3 Å². The Morgan fingerprint density at radius 2 is 1.65 bits per heavy atom. The van der Waals surface area contributed by atoms with Crippen molar-refractivity contribution in [3.05, 3.63) is 72.5 Å². The van der Waals surface area contributed by atoms with Gasteiger partial charge in [0.1, 0.15) is 17.3 Å². The van der Waals surface area contributed by atoms with Gasteiger partial charge in [-0.15, -0.1) is 0 Å². The third kappa shape index (κ3) is 8.30. The minimum absolute atomic E-state index is 0.0780. The third-order valence-corrected chi connectivity index (χ3v) is 12.0. The van der Waals surface area contributed by atoms with Gasteiger partial charge in [-0.1, -0.05) is 31.4 Å². The number of ether oxygens (including phenoxy) is 1. The van der Waals surface area contributed by atoms with E-state index in [0.717, 1.165) is 36.1 Å². The van der Waals surface area contributed by atoms with Gasteiger partial charge in [0.2, 0.25) is 0 Å². The standard InChI is InChI=1S/C30H39O8PS/c1-3-35-39(31,36-4-2)30(40(32,33)38-27-13-6-5-7-14-27)17-9-12-24-11-8-15-28(23-24)37-26-20-18-25(19-21-26)29-16-10-22-34-29/h8,10-11,15-16,18-23,27,30H,3-7,9,12-14,17H2,1-2H3. The molecule has 1 aromatic heterocycles. The summed E-state index contributed by atoms with van der Waals surface area (Å²) in [5.41, 5.74) is 1.93. The monoisotopic (exact) mass is 590 g/mol. The summed E-state index contributed by atoms with van der Waals surface area (Å²) in [5.74, 6) is 2.14. The molecule has 1 atom stereocenters. The highest BCUT2D eigenvalue weighted by Crippen LogP contribution is 2.57. The van der Waals surface area contributed by atoms with Crippen molar-refractivity contribution in [2.24, 2.45) is 0 Å². The van der Waals surface area contributed by atoms with Crippen LogP contribution in [-0.4, -0.2) is 32.7 Å². The molecule has 218 valence electrons. The topological polar surface area (TPSA) is 101 Å². The molecule has 2 aromatic carbocycles. The van der Waals surface area contributed by atoms with Gasteiger partial charge in [-0.3, -0.25) is 8.75 Å². The van der Waals surface area contributed by atoms with Crippen LogP contribution < -0.4 is 4.74 Å². The van der Waals surface area contributed by atoms with Crippen molar-refractivity contribution in [3.8, 4) is 22.8 Å². The average molecular weight is 591 g/mol. The number of hydrogen-bond donors (Lipinski definition) is 0. The largest absolute Gasteiger partial charge is 0.464 e. The van der Waals surface area contributed by atoms with E-state index in [-0.39, 0.29) is 25.7 Å². The van der Waals surface area contributed by atoms with Crippen molar-refractivity contribution in [1.29, 1.82) is 0 Å². The highest BCUT2D eigenvalue weighted by atomic mass is 32.2. The zero-order valence-electron chi connectivity index (χ0n) is 23.2. The lowest BCUT2D eigenvalue weighted by atomic mass is 9.98. The average Bonchev–Trinajstić information content (AvgIpc) is 3.47. The molecule has 1 fully saturated rings. The van der Waals surface area contributed by atoms with Gasteiger partial charge in [0.05, 0.1) is 25.6 Å². The molecule has 0 aliphatic heterocycles. The molecule has 1 aliphatic carbocycles. The minimum atomic E-state index is -4.19. The Bertz CT molecular complexity index is 1320. The Kier molecular flexibility index (Phi) is 11.0. The lowest BCUT2D eigenvalue weighted by Crippen LogP contribution is -2.31. The van der Waals surface area contributed by atoms with Crippen LogP contribution in [0.1, 0.15) is 64.4 Å². The van der Waals surface area contributed by atoms with E-state index < -0.39 is 22.7 Å². The minimum Gasteiger partial charge on any atom is -0.464 e. The predicted molar refractivity (Wildman–Crippen MR) is 155 cm³/mol. The maximum Gasteiger partial charge on any atom is 0.351 e. The van der Waals surface area contributed by atoms with Crippen molar-refractivity contribution in [2.75, 3.05) is 13.2 Å². The molecule has 8 nitrogen and oxygen atoms in total. The molecular weight excluding hydrogens is 551 g/mol. The first kappa shape index (κ1) is 30.5. The second-order valence-electron chi connectivity index (χ2n) is 9.82. The molecule has 3 aromatic rings. The van der Waals surface area contributed by atoms with Gasteiger partial charge < -0.3 is 18.2 Å². The Labute approximate surface area is 237 Å². The predicted octanol–water partition coefficient (Wildman–Crippen LogP) is 8.33. The molecule has 1 heterocycles. The fourth-order valence-corrected chi connectivity index (χ4v) is 9.51. The van der Waals surface area contributed by atoms with Crippen LogP contribution in [0.4, 0.5) is 0 Å². The summed E-state index contributed by atoms with van der Waals surface area (Å²) in [6.07, 6.45) is 6.61. The van der Waals surface area contributed by atoms with Crippen LogP contribution in [0.2, 0.25) is 0 Å². The number of furan rings is 1. The first-order valence-electron chi connectivity index (χ1n) is 14.0. The number of aryl methyl sites for hydroxylation is 1. The van der Waals surface area contributed by atoms with E-state index in [0.29, 0.717) is 37.2 Å². The molecular formula is C30H39O8PS.